The summed E-state index contributed by atoms with van der Waals surface area (Å²) in [5.41, 5.74) is 4.05. The standard InChI is InChI=1S/C11H13N/c1-9(2)12-7-10-5-3-4-6-11(10)8-12/h3-6H,1,7-8H2,2H3. The Morgan fingerprint density at radius 1 is 1.25 bits per heavy atom. The van der Waals surface area contributed by atoms with Gasteiger partial charge in [0.15, 0.2) is 0 Å². The Bertz CT molecular complexity index is 290. The third-order valence-corrected chi connectivity index (χ3v) is 2.38. The van der Waals surface area contributed by atoms with E-state index < -0.39 is 0 Å². The summed E-state index contributed by atoms with van der Waals surface area (Å²) >= 11 is 0. The van der Waals surface area contributed by atoms with Gasteiger partial charge in [-0.3, -0.25) is 0 Å². The second-order valence-corrected chi connectivity index (χ2v) is 3.36. The number of hydrogen-bond donors (Lipinski definition) is 0. The second-order valence-electron chi connectivity index (χ2n) is 3.36. The molecule has 0 fully saturated rings. The van der Waals surface area contributed by atoms with Gasteiger partial charge in [-0.25, -0.2) is 0 Å². The van der Waals surface area contributed by atoms with Gasteiger partial charge in [-0.05, 0) is 18.1 Å². The minimum Gasteiger partial charge on any atom is -0.367 e. The predicted molar refractivity (Wildman–Crippen MR) is 50.5 cm³/mol. The number of nitrogens with zero attached hydrogens (tertiary/aromatic N) is 1. The lowest BCUT2D eigenvalue weighted by atomic mass is 10.1. The summed E-state index contributed by atoms with van der Waals surface area (Å²) < 4.78 is 0. The first-order valence-corrected chi connectivity index (χ1v) is 4.24. The topological polar surface area (TPSA) is 3.24 Å². The van der Waals surface area contributed by atoms with Crippen LogP contribution < -0.4 is 0 Å². The van der Waals surface area contributed by atoms with Crippen molar-refractivity contribution in [2.75, 3.05) is 0 Å². The van der Waals surface area contributed by atoms with Crippen LogP contribution in [0.15, 0.2) is 36.5 Å². The molecule has 12 heavy (non-hydrogen) atoms. The van der Waals surface area contributed by atoms with E-state index in [4.69, 9.17) is 0 Å². The van der Waals surface area contributed by atoms with Gasteiger partial charge in [-0.1, -0.05) is 30.8 Å². The van der Waals surface area contributed by atoms with E-state index in [9.17, 15) is 0 Å². The zero-order chi connectivity index (χ0) is 8.55. The van der Waals surface area contributed by atoms with Crippen molar-refractivity contribution < 1.29 is 0 Å². The van der Waals surface area contributed by atoms with Gasteiger partial charge in [0.1, 0.15) is 0 Å². The van der Waals surface area contributed by atoms with Crippen LogP contribution in [0.4, 0.5) is 0 Å². The fraction of sp³-hybridized carbons (Fsp3) is 0.273. The minimum atomic E-state index is 1.03. The number of fused-ring (bicyclic) bond motifs is 1. The maximum absolute atomic E-state index is 3.95. The van der Waals surface area contributed by atoms with Crippen LogP contribution >= 0.6 is 0 Å². The molecule has 1 heterocycles. The van der Waals surface area contributed by atoms with E-state index >= 15 is 0 Å². The largest absolute Gasteiger partial charge is 0.367 e. The number of rotatable bonds is 1. The van der Waals surface area contributed by atoms with Crippen LogP contribution in [0.1, 0.15) is 18.1 Å². The van der Waals surface area contributed by atoms with E-state index in [0.717, 1.165) is 18.8 Å². The van der Waals surface area contributed by atoms with Crippen LogP contribution in [0.3, 0.4) is 0 Å². The third kappa shape index (κ3) is 1.11. The highest BCUT2D eigenvalue weighted by Crippen LogP contribution is 2.24. The van der Waals surface area contributed by atoms with Gasteiger partial charge in [0.2, 0.25) is 0 Å². The number of allylic oxidation sites excluding steroid dienone is 1. The van der Waals surface area contributed by atoms with Crippen LogP contribution in [-0.4, -0.2) is 4.90 Å². The second kappa shape index (κ2) is 2.67. The summed E-state index contributed by atoms with van der Waals surface area (Å²) in [6, 6.07) is 8.58. The highest BCUT2D eigenvalue weighted by Gasteiger charge is 2.16. The molecule has 0 unspecified atom stereocenters. The van der Waals surface area contributed by atoms with Gasteiger partial charge in [-0.15, -0.1) is 0 Å². The summed E-state index contributed by atoms with van der Waals surface area (Å²) in [4.78, 5) is 2.30. The lowest BCUT2D eigenvalue weighted by Crippen LogP contribution is -2.12. The quantitative estimate of drug-likeness (QED) is 0.608. The van der Waals surface area contributed by atoms with E-state index in [0.29, 0.717) is 0 Å². The van der Waals surface area contributed by atoms with E-state index in [1.165, 1.54) is 11.1 Å². The molecule has 0 N–H and O–H groups in total. The molecule has 1 aromatic carbocycles. The van der Waals surface area contributed by atoms with Crippen molar-refractivity contribution in [3.63, 3.8) is 0 Å². The third-order valence-electron chi connectivity index (χ3n) is 2.38. The Balaban J connectivity index is 2.27. The SMILES string of the molecule is C=C(C)N1Cc2ccccc2C1. The Labute approximate surface area is 73.3 Å². The lowest BCUT2D eigenvalue weighted by molar-refractivity contribution is 0.365. The minimum absolute atomic E-state index is 1.03. The Hall–Kier alpha value is -1.24. The average Bonchev–Trinajstić information content (AvgIpc) is 2.46. The normalized spacial score (nSPS) is 14.6. The molecule has 0 spiro atoms. The average molecular weight is 159 g/mol. The van der Waals surface area contributed by atoms with Crippen LogP contribution in [0, 0.1) is 0 Å². The van der Waals surface area contributed by atoms with Crippen molar-refractivity contribution in [1.82, 2.24) is 4.90 Å². The Morgan fingerprint density at radius 2 is 1.75 bits per heavy atom. The molecular formula is C11H13N. The highest BCUT2D eigenvalue weighted by atomic mass is 15.1. The fourth-order valence-corrected chi connectivity index (χ4v) is 1.60. The van der Waals surface area contributed by atoms with Crippen molar-refractivity contribution in [3.8, 4) is 0 Å². The highest BCUT2D eigenvalue weighted by molar-refractivity contribution is 5.31. The van der Waals surface area contributed by atoms with E-state index in [1.54, 1.807) is 0 Å². The zero-order valence-electron chi connectivity index (χ0n) is 7.38. The maximum Gasteiger partial charge on any atom is 0.0433 e. The van der Waals surface area contributed by atoms with Crippen LogP contribution in [0.2, 0.25) is 0 Å². The van der Waals surface area contributed by atoms with Gasteiger partial charge < -0.3 is 4.90 Å². The first kappa shape index (κ1) is 7.41. The lowest BCUT2D eigenvalue weighted by Gasteiger charge is -2.16. The molecule has 0 saturated carbocycles. The predicted octanol–water partition coefficient (Wildman–Crippen LogP) is 2.54. The Morgan fingerprint density at radius 3 is 2.17 bits per heavy atom. The molecule has 0 aliphatic carbocycles. The summed E-state index contributed by atoms with van der Waals surface area (Å²) in [7, 11) is 0. The van der Waals surface area contributed by atoms with Crippen LogP contribution in [0.25, 0.3) is 0 Å². The molecule has 0 aromatic heterocycles. The first-order valence-electron chi connectivity index (χ1n) is 4.24. The number of hydrogen-bond acceptors (Lipinski definition) is 1. The molecule has 0 amide bonds. The smallest absolute Gasteiger partial charge is 0.0433 e. The summed E-state index contributed by atoms with van der Waals surface area (Å²) in [5.74, 6) is 0. The molecule has 2 rings (SSSR count). The zero-order valence-corrected chi connectivity index (χ0v) is 7.38. The van der Waals surface area contributed by atoms with Gasteiger partial charge >= 0.3 is 0 Å². The molecule has 1 aliphatic rings. The molecule has 1 aromatic rings. The van der Waals surface area contributed by atoms with E-state index in [-0.39, 0.29) is 0 Å². The summed E-state index contributed by atoms with van der Waals surface area (Å²) in [5, 5.41) is 0. The molecule has 1 nitrogen and oxygen atoms in total. The molecule has 0 bridgehead atoms. The van der Waals surface area contributed by atoms with E-state index in [2.05, 4.69) is 42.7 Å². The molecule has 1 aliphatic heterocycles. The Kier molecular flexibility index (Phi) is 1.65. The summed E-state index contributed by atoms with van der Waals surface area (Å²) in [6.07, 6.45) is 0. The molecule has 62 valence electrons. The van der Waals surface area contributed by atoms with Crippen molar-refractivity contribution in [3.05, 3.63) is 47.7 Å². The maximum atomic E-state index is 3.95. The summed E-state index contributed by atoms with van der Waals surface area (Å²) in [6.45, 7) is 8.07. The van der Waals surface area contributed by atoms with E-state index in [1.807, 2.05) is 0 Å². The van der Waals surface area contributed by atoms with Crippen LogP contribution in [-0.2, 0) is 13.1 Å². The van der Waals surface area contributed by atoms with Crippen molar-refractivity contribution in [2.24, 2.45) is 0 Å². The first-order chi connectivity index (χ1) is 5.77. The number of benzene rings is 1. The molecule has 0 atom stereocenters. The molecular weight excluding hydrogens is 146 g/mol. The van der Waals surface area contributed by atoms with Crippen molar-refractivity contribution in [2.45, 2.75) is 20.0 Å². The van der Waals surface area contributed by atoms with Crippen molar-refractivity contribution >= 4 is 0 Å². The van der Waals surface area contributed by atoms with Gasteiger partial charge in [0, 0.05) is 18.8 Å². The molecule has 1 heteroatoms. The van der Waals surface area contributed by atoms with Gasteiger partial charge in [-0.2, -0.15) is 0 Å². The van der Waals surface area contributed by atoms with Gasteiger partial charge in [0.05, 0.1) is 0 Å². The van der Waals surface area contributed by atoms with Crippen LogP contribution in [0.5, 0.6) is 0 Å². The molecule has 0 radical (unpaired) electrons. The fourth-order valence-electron chi connectivity index (χ4n) is 1.60. The van der Waals surface area contributed by atoms with Crippen molar-refractivity contribution in [1.29, 1.82) is 0 Å². The van der Waals surface area contributed by atoms with Gasteiger partial charge in [0.25, 0.3) is 0 Å². The monoisotopic (exact) mass is 159 g/mol. The molecule has 0 saturated heterocycles.